The zero-order valence-corrected chi connectivity index (χ0v) is 10.6. The topological polar surface area (TPSA) is 97.4 Å². The second-order valence-electron chi connectivity index (χ2n) is 4.48. The van der Waals surface area contributed by atoms with Crippen LogP contribution in [0.15, 0.2) is 23.1 Å². The summed E-state index contributed by atoms with van der Waals surface area (Å²) in [6, 6.07) is 2.29. The lowest BCUT2D eigenvalue weighted by molar-refractivity contribution is -0.142. The number of rotatable bonds is 2. The van der Waals surface area contributed by atoms with Crippen LogP contribution in [0.1, 0.15) is 6.92 Å². The molecule has 0 saturated carbocycles. The van der Waals surface area contributed by atoms with Crippen LogP contribution in [0.2, 0.25) is 0 Å². The van der Waals surface area contributed by atoms with Crippen molar-refractivity contribution in [2.24, 2.45) is 0 Å². The van der Waals surface area contributed by atoms with Crippen LogP contribution in [0, 0.1) is 0 Å². The maximum absolute atomic E-state index is 12.1. The van der Waals surface area contributed by atoms with Crippen LogP contribution in [0.25, 0.3) is 0 Å². The molecule has 1 aliphatic rings. The molecule has 1 aromatic rings. The van der Waals surface area contributed by atoms with Gasteiger partial charge in [-0.05, 0) is 13.0 Å². The van der Waals surface area contributed by atoms with Crippen LogP contribution in [-0.4, -0.2) is 40.4 Å². The van der Waals surface area contributed by atoms with Gasteiger partial charge in [0, 0.05) is 31.0 Å². The number of anilines is 1. The van der Waals surface area contributed by atoms with Crippen molar-refractivity contribution in [3.63, 3.8) is 0 Å². The Labute approximate surface area is 110 Å². The summed E-state index contributed by atoms with van der Waals surface area (Å²) >= 11 is 0. The zero-order valence-electron chi connectivity index (χ0n) is 10.6. The van der Waals surface area contributed by atoms with Crippen LogP contribution >= 0.6 is 0 Å². The highest BCUT2D eigenvalue weighted by Crippen LogP contribution is 2.05. The molecule has 0 radical (unpaired) electrons. The minimum Gasteiger partial charge on any atom is -0.398 e. The van der Waals surface area contributed by atoms with Crippen LogP contribution < -0.4 is 16.6 Å². The summed E-state index contributed by atoms with van der Waals surface area (Å²) in [6.45, 7) is 2.43. The third-order valence-electron chi connectivity index (χ3n) is 3.13. The molecule has 19 heavy (non-hydrogen) atoms. The first-order valence-corrected chi connectivity index (χ1v) is 6.02. The largest absolute Gasteiger partial charge is 0.398 e. The molecule has 2 rings (SSSR count). The number of pyridine rings is 1. The van der Waals surface area contributed by atoms with Gasteiger partial charge < -0.3 is 20.5 Å². The number of amides is 2. The fourth-order valence-corrected chi connectivity index (χ4v) is 2.03. The third-order valence-corrected chi connectivity index (χ3v) is 3.13. The molecule has 7 nitrogen and oxygen atoms in total. The Kier molecular flexibility index (Phi) is 3.55. The molecule has 1 unspecified atom stereocenters. The molecule has 1 fully saturated rings. The number of carbonyl (C=O) groups excluding carboxylic acids is 2. The van der Waals surface area contributed by atoms with E-state index in [1.165, 1.54) is 27.8 Å². The summed E-state index contributed by atoms with van der Waals surface area (Å²) in [5.41, 5.74) is 5.70. The molecule has 1 saturated heterocycles. The number of aromatic nitrogens is 1. The fraction of sp³-hybridized carbons (Fsp3) is 0.417. The maximum Gasteiger partial charge on any atom is 0.251 e. The van der Waals surface area contributed by atoms with Crippen molar-refractivity contribution in [1.29, 1.82) is 0 Å². The van der Waals surface area contributed by atoms with Crippen LogP contribution in [0.3, 0.4) is 0 Å². The van der Waals surface area contributed by atoms with E-state index in [1.807, 2.05) is 0 Å². The molecule has 3 N–H and O–H groups in total. The molecule has 7 heteroatoms. The van der Waals surface area contributed by atoms with Gasteiger partial charge in [0.15, 0.2) is 0 Å². The average molecular weight is 264 g/mol. The normalized spacial score (nSPS) is 19.1. The van der Waals surface area contributed by atoms with E-state index in [4.69, 9.17) is 5.73 Å². The molecule has 2 amide bonds. The number of nitrogen functional groups attached to an aromatic ring is 1. The van der Waals surface area contributed by atoms with Crippen molar-refractivity contribution in [3.05, 3.63) is 28.7 Å². The Morgan fingerprint density at radius 1 is 1.47 bits per heavy atom. The minimum absolute atomic E-state index is 0.110. The Morgan fingerprint density at radius 3 is 2.95 bits per heavy atom. The van der Waals surface area contributed by atoms with Crippen molar-refractivity contribution < 1.29 is 9.59 Å². The predicted octanol–water partition coefficient (Wildman–Crippen LogP) is -1.22. The van der Waals surface area contributed by atoms with Gasteiger partial charge in [-0.15, -0.1) is 0 Å². The van der Waals surface area contributed by atoms with Gasteiger partial charge in [0.05, 0.1) is 0 Å². The summed E-state index contributed by atoms with van der Waals surface area (Å²) in [6.07, 6.45) is 1.43. The van der Waals surface area contributed by atoms with Crippen LogP contribution in [0.4, 0.5) is 5.69 Å². The number of hydrogen-bond acceptors (Lipinski definition) is 4. The number of hydrogen-bond donors (Lipinski definition) is 2. The van der Waals surface area contributed by atoms with Crippen molar-refractivity contribution in [1.82, 2.24) is 14.8 Å². The SMILES string of the molecule is CC1C(=O)NCCN1C(=O)Cn1cc(N)ccc1=O. The van der Waals surface area contributed by atoms with E-state index in [0.717, 1.165) is 0 Å². The monoisotopic (exact) mass is 264 g/mol. The molecule has 1 aromatic heterocycles. The molecule has 0 spiro atoms. The molecular weight excluding hydrogens is 248 g/mol. The summed E-state index contributed by atoms with van der Waals surface area (Å²) in [7, 11) is 0. The second-order valence-corrected chi connectivity index (χ2v) is 4.48. The van der Waals surface area contributed by atoms with Gasteiger partial charge in [-0.1, -0.05) is 0 Å². The molecule has 1 aliphatic heterocycles. The van der Waals surface area contributed by atoms with E-state index in [2.05, 4.69) is 5.32 Å². The summed E-state index contributed by atoms with van der Waals surface area (Å²) in [5.74, 6) is -0.449. The number of nitrogens with zero attached hydrogens (tertiary/aromatic N) is 2. The molecule has 0 aliphatic carbocycles. The standard InChI is InChI=1S/C12H16N4O3/c1-8-12(19)14-4-5-16(8)11(18)7-15-6-9(13)2-3-10(15)17/h2-3,6,8H,4-5,7,13H2,1H3,(H,14,19). The fourth-order valence-electron chi connectivity index (χ4n) is 2.03. The van der Waals surface area contributed by atoms with Crippen LogP contribution in [-0.2, 0) is 16.1 Å². The van der Waals surface area contributed by atoms with Crippen molar-refractivity contribution in [2.45, 2.75) is 19.5 Å². The molecule has 0 aromatic carbocycles. The van der Waals surface area contributed by atoms with E-state index >= 15 is 0 Å². The smallest absolute Gasteiger partial charge is 0.251 e. The van der Waals surface area contributed by atoms with Gasteiger partial charge in [0.2, 0.25) is 11.8 Å². The lowest BCUT2D eigenvalue weighted by atomic mass is 10.2. The Hall–Kier alpha value is -2.31. The number of nitrogens with two attached hydrogens (primary N) is 1. The first kappa shape index (κ1) is 13.1. The maximum atomic E-state index is 12.1. The quantitative estimate of drug-likeness (QED) is 0.699. The van der Waals surface area contributed by atoms with Crippen molar-refractivity contribution >= 4 is 17.5 Å². The minimum atomic E-state index is -0.516. The van der Waals surface area contributed by atoms with Gasteiger partial charge >= 0.3 is 0 Å². The first-order valence-electron chi connectivity index (χ1n) is 6.02. The summed E-state index contributed by atoms with van der Waals surface area (Å²) < 4.78 is 1.25. The van der Waals surface area contributed by atoms with E-state index < -0.39 is 6.04 Å². The lowest BCUT2D eigenvalue weighted by Gasteiger charge is -2.32. The number of carbonyl (C=O) groups is 2. The van der Waals surface area contributed by atoms with Crippen molar-refractivity contribution in [3.8, 4) is 0 Å². The lowest BCUT2D eigenvalue weighted by Crippen LogP contribution is -2.56. The summed E-state index contributed by atoms with van der Waals surface area (Å²) in [4.78, 5) is 36.7. The highest BCUT2D eigenvalue weighted by molar-refractivity contribution is 5.88. The van der Waals surface area contributed by atoms with Gasteiger partial charge in [0.25, 0.3) is 5.56 Å². The summed E-state index contributed by atoms with van der Waals surface area (Å²) in [5, 5.41) is 2.68. The van der Waals surface area contributed by atoms with Crippen LogP contribution in [0.5, 0.6) is 0 Å². The zero-order chi connectivity index (χ0) is 14.0. The average Bonchev–Trinajstić information content (AvgIpc) is 2.37. The number of nitrogens with one attached hydrogen (secondary N) is 1. The molecule has 2 heterocycles. The Bertz CT molecular complexity index is 566. The van der Waals surface area contributed by atoms with Gasteiger partial charge in [-0.2, -0.15) is 0 Å². The molecular formula is C12H16N4O3. The van der Waals surface area contributed by atoms with Gasteiger partial charge in [-0.25, -0.2) is 0 Å². The van der Waals surface area contributed by atoms with E-state index in [0.29, 0.717) is 18.8 Å². The Morgan fingerprint density at radius 2 is 2.21 bits per heavy atom. The third kappa shape index (κ3) is 2.75. The molecule has 0 bridgehead atoms. The Balaban J connectivity index is 2.14. The number of piperazine rings is 1. The highest BCUT2D eigenvalue weighted by Gasteiger charge is 2.29. The van der Waals surface area contributed by atoms with E-state index in [-0.39, 0.29) is 23.9 Å². The van der Waals surface area contributed by atoms with Gasteiger partial charge in [0.1, 0.15) is 12.6 Å². The predicted molar refractivity (Wildman–Crippen MR) is 69.3 cm³/mol. The second kappa shape index (κ2) is 5.13. The van der Waals surface area contributed by atoms with E-state index in [1.54, 1.807) is 6.92 Å². The van der Waals surface area contributed by atoms with Crippen molar-refractivity contribution in [2.75, 3.05) is 18.8 Å². The first-order chi connectivity index (χ1) is 8.99. The highest BCUT2D eigenvalue weighted by atomic mass is 16.2. The molecule has 1 atom stereocenters. The molecule has 102 valence electrons. The van der Waals surface area contributed by atoms with Gasteiger partial charge in [-0.3, -0.25) is 14.4 Å². The van der Waals surface area contributed by atoms with E-state index in [9.17, 15) is 14.4 Å².